The predicted octanol–water partition coefficient (Wildman–Crippen LogP) is 0.776. The average Bonchev–Trinajstić information content (AvgIpc) is 2.28. The molecule has 0 aliphatic heterocycles. The van der Waals surface area contributed by atoms with E-state index in [0.717, 1.165) is 6.20 Å². The minimum absolute atomic E-state index is 0.0413. The lowest BCUT2D eigenvalue weighted by atomic mass is 10.0. The molecule has 1 rings (SSSR count). The predicted molar refractivity (Wildman–Crippen MR) is 57.2 cm³/mol. The number of anilines is 1. The number of nitrogens with two attached hydrogens (primary N) is 2. The highest BCUT2D eigenvalue weighted by molar-refractivity contribution is 5.74. The fourth-order valence-corrected chi connectivity index (χ4v) is 1.47. The van der Waals surface area contributed by atoms with Crippen molar-refractivity contribution in [1.82, 2.24) is 4.98 Å². The first-order valence-corrected chi connectivity index (χ1v) is 4.82. The molecule has 0 aliphatic carbocycles. The quantitative estimate of drug-likeness (QED) is 0.765. The van der Waals surface area contributed by atoms with Gasteiger partial charge >= 0.3 is 5.97 Å². The lowest BCUT2D eigenvalue weighted by Crippen LogP contribution is -2.15. The Labute approximate surface area is 96.8 Å². The summed E-state index contributed by atoms with van der Waals surface area (Å²) in [5.41, 5.74) is 11.1. The van der Waals surface area contributed by atoms with Crippen LogP contribution in [0.3, 0.4) is 0 Å². The van der Waals surface area contributed by atoms with Gasteiger partial charge in [0, 0.05) is 6.54 Å². The molecule has 0 amide bonds. The summed E-state index contributed by atoms with van der Waals surface area (Å²) in [7, 11) is 1.17. The van der Waals surface area contributed by atoms with Crippen LogP contribution in [0.15, 0.2) is 6.20 Å². The first-order valence-electron chi connectivity index (χ1n) is 4.82. The molecule has 0 fully saturated rings. The molecular weight excluding hydrogens is 232 g/mol. The SMILES string of the molecule is COC(=O)Cc1c(C(F)F)ncc(N)c1CN. The minimum atomic E-state index is -2.79. The zero-order valence-corrected chi connectivity index (χ0v) is 9.24. The summed E-state index contributed by atoms with van der Waals surface area (Å²) < 4.78 is 29.9. The number of esters is 1. The summed E-state index contributed by atoms with van der Waals surface area (Å²) in [5, 5.41) is 0. The molecule has 0 saturated carbocycles. The van der Waals surface area contributed by atoms with E-state index in [0.29, 0.717) is 5.56 Å². The van der Waals surface area contributed by atoms with Crippen LogP contribution < -0.4 is 11.5 Å². The topological polar surface area (TPSA) is 91.2 Å². The molecule has 5 nitrogen and oxygen atoms in total. The molecule has 0 radical (unpaired) electrons. The van der Waals surface area contributed by atoms with Crippen molar-refractivity contribution in [1.29, 1.82) is 0 Å². The Morgan fingerprint density at radius 1 is 1.53 bits per heavy atom. The van der Waals surface area contributed by atoms with Crippen molar-refractivity contribution in [3.8, 4) is 0 Å². The number of alkyl halides is 2. The van der Waals surface area contributed by atoms with Gasteiger partial charge < -0.3 is 16.2 Å². The van der Waals surface area contributed by atoms with Gasteiger partial charge in [0.25, 0.3) is 6.43 Å². The summed E-state index contributed by atoms with van der Waals surface area (Å²) in [4.78, 5) is 14.7. The highest BCUT2D eigenvalue weighted by Gasteiger charge is 2.21. The van der Waals surface area contributed by atoms with E-state index in [-0.39, 0.29) is 24.2 Å². The molecule has 0 spiro atoms. The molecule has 0 atom stereocenters. The number of hydrogen-bond donors (Lipinski definition) is 2. The second-order valence-electron chi connectivity index (χ2n) is 3.31. The Hall–Kier alpha value is -1.76. The van der Waals surface area contributed by atoms with E-state index in [4.69, 9.17) is 11.5 Å². The van der Waals surface area contributed by atoms with Crippen molar-refractivity contribution >= 4 is 11.7 Å². The maximum absolute atomic E-state index is 12.7. The van der Waals surface area contributed by atoms with Crippen LogP contribution in [0.4, 0.5) is 14.5 Å². The standard InChI is InChI=1S/C10H13F2N3O2/c1-17-8(16)2-5-6(3-13)7(14)4-15-9(5)10(11)12/h4,10H,2-3,13-14H2,1H3. The molecule has 94 valence electrons. The zero-order chi connectivity index (χ0) is 13.0. The smallest absolute Gasteiger partial charge is 0.310 e. The fourth-order valence-electron chi connectivity index (χ4n) is 1.47. The Kier molecular flexibility index (Phi) is 4.33. The minimum Gasteiger partial charge on any atom is -0.469 e. The third-order valence-corrected chi connectivity index (χ3v) is 2.32. The average molecular weight is 245 g/mol. The van der Waals surface area contributed by atoms with Gasteiger partial charge in [0.1, 0.15) is 5.69 Å². The van der Waals surface area contributed by atoms with Crippen molar-refractivity contribution in [3.63, 3.8) is 0 Å². The van der Waals surface area contributed by atoms with Crippen molar-refractivity contribution in [2.45, 2.75) is 19.4 Å². The van der Waals surface area contributed by atoms with Crippen LogP contribution in [0.5, 0.6) is 0 Å². The van der Waals surface area contributed by atoms with Crippen molar-refractivity contribution < 1.29 is 18.3 Å². The second kappa shape index (κ2) is 5.53. The molecule has 0 saturated heterocycles. The number of methoxy groups -OCH3 is 1. The molecule has 7 heteroatoms. The third kappa shape index (κ3) is 2.88. The number of ether oxygens (including phenoxy) is 1. The maximum Gasteiger partial charge on any atom is 0.310 e. The van der Waals surface area contributed by atoms with Gasteiger partial charge in [-0.05, 0) is 11.1 Å². The molecule has 4 N–H and O–H groups in total. The summed E-state index contributed by atoms with van der Waals surface area (Å²) in [6, 6.07) is 0. The van der Waals surface area contributed by atoms with Crippen LogP contribution in [0.2, 0.25) is 0 Å². The summed E-state index contributed by atoms with van der Waals surface area (Å²) in [5.74, 6) is -0.644. The Morgan fingerprint density at radius 2 is 2.18 bits per heavy atom. The summed E-state index contributed by atoms with van der Waals surface area (Å²) >= 11 is 0. The second-order valence-corrected chi connectivity index (χ2v) is 3.31. The van der Waals surface area contributed by atoms with Crippen molar-refractivity contribution in [3.05, 3.63) is 23.0 Å². The number of carbonyl (C=O) groups is 1. The Morgan fingerprint density at radius 3 is 2.65 bits per heavy atom. The number of carbonyl (C=O) groups excluding carboxylic acids is 1. The monoisotopic (exact) mass is 245 g/mol. The maximum atomic E-state index is 12.7. The largest absolute Gasteiger partial charge is 0.469 e. The van der Waals surface area contributed by atoms with Gasteiger partial charge in [-0.2, -0.15) is 0 Å². The van der Waals surface area contributed by atoms with E-state index in [1.807, 2.05) is 0 Å². The summed E-state index contributed by atoms with van der Waals surface area (Å²) in [6.07, 6.45) is -1.99. The molecule has 1 aromatic rings. The number of pyridine rings is 1. The van der Waals surface area contributed by atoms with E-state index in [2.05, 4.69) is 9.72 Å². The summed E-state index contributed by atoms with van der Waals surface area (Å²) in [6.45, 7) is -0.0413. The Bertz CT molecular complexity index is 424. The van der Waals surface area contributed by atoms with Gasteiger partial charge in [0.05, 0.1) is 25.4 Å². The van der Waals surface area contributed by atoms with E-state index in [1.165, 1.54) is 7.11 Å². The third-order valence-electron chi connectivity index (χ3n) is 2.32. The van der Waals surface area contributed by atoms with Crippen LogP contribution in [0.1, 0.15) is 23.2 Å². The van der Waals surface area contributed by atoms with Gasteiger partial charge in [0.15, 0.2) is 0 Å². The number of halogens is 2. The van der Waals surface area contributed by atoms with Crippen molar-refractivity contribution in [2.24, 2.45) is 5.73 Å². The molecular formula is C10H13F2N3O2. The molecule has 0 aromatic carbocycles. The fraction of sp³-hybridized carbons (Fsp3) is 0.400. The van der Waals surface area contributed by atoms with Crippen LogP contribution in [0.25, 0.3) is 0 Å². The normalized spacial score (nSPS) is 10.6. The van der Waals surface area contributed by atoms with Gasteiger partial charge in [-0.1, -0.05) is 0 Å². The number of nitrogen functional groups attached to an aromatic ring is 1. The number of hydrogen-bond acceptors (Lipinski definition) is 5. The molecule has 0 aliphatic rings. The lowest BCUT2D eigenvalue weighted by Gasteiger charge is -2.13. The molecule has 0 unspecified atom stereocenters. The molecule has 1 aromatic heterocycles. The number of aromatic nitrogens is 1. The zero-order valence-electron chi connectivity index (χ0n) is 9.24. The van der Waals surface area contributed by atoms with Crippen LogP contribution in [-0.4, -0.2) is 18.1 Å². The van der Waals surface area contributed by atoms with E-state index in [1.54, 1.807) is 0 Å². The van der Waals surface area contributed by atoms with E-state index >= 15 is 0 Å². The highest BCUT2D eigenvalue weighted by Crippen LogP contribution is 2.27. The first-order chi connectivity index (χ1) is 8.01. The first kappa shape index (κ1) is 13.3. The van der Waals surface area contributed by atoms with Crippen LogP contribution >= 0.6 is 0 Å². The molecule has 0 bridgehead atoms. The van der Waals surface area contributed by atoms with E-state index in [9.17, 15) is 13.6 Å². The number of nitrogens with zero attached hydrogens (tertiary/aromatic N) is 1. The van der Waals surface area contributed by atoms with Gasteiger partial charge in [-0.15, -0.1) is 0 Å². The molecule has 17 heavy (non-hydrogen) atoms. The van der Waals surface area contributed by atoms with E-state index < -0.39 is 18.1 Å². The van der Waals surface area contributed by atoms with Gasteiger partial charge in [-0.3, -0.25) is 9.78 Å². The van der Waals surface area contributed by atoms with Gasteiger partial charge in [-0.25, -0.2) is 8.78 Å². The number of rotatable bonds is 4. The highest BCUT2D eigenvalue weighted by atomic mass is 19.3. The van der Waals surface area contributed by atoms with Crippen molar-refractivity contribution in [2.75, 3.05) is 12.8 Å². The lowest BCUT2D eigenvalue weighted by molar-refractivity contribution is -0.139. The van der Waals surface area contributed by atoms with Gasteiger partial charge in [0.2, 0.25) is 0 Å². The van der Waals surface area contributed by atoms with Crippen LogP contribution in [-0.2, 0) is 22.5 Å². The Balaban J connectivity index is 3.28. The van der Waals surface area contributed by atoms with Crippen LogP contribution in [0, 0.1) is 0 Å². The molecule has 1 heterocycles.